The van der Waals surface area contributed by atoms with Crippen molar-refractivity contribution in [2.75, 3.05) is 25.9 Å². The Kier molecular flexibility index (Phi) is 6.49. The van der Waals surface area contributed by atoms with E-state index in [0.717, 1.165) is 24.8 Å². The lowest BCUT2D eigenvalue weighted by molar-refractivity contribution is -0.146. The van der Waals surface area contributed by atoms with Crippen LogP contribution in [0, 0.1) is 11.3 Å². The van der Waals surface area contributed by atoms with Crippen LogP contribution in [0.15, 0.2) is 0 Å². The van der Waals surface area contributed by atoms with Crippen molar-refractivity contribution >= 4 is 30.1 Å². The molecule has 3 fully saturated rings. The Bertz CT molecular complexity index is 395. The lowest BCUT2D eigenvalue weighted by Gasteiger charge is -2.41. The number of halogens is 1. The van der Waals surface area contributed by atoms with Gasteiger partial charge in [-0.1, -0.05) is 19.8 Å². The zero-order valence-corrected chi connectivity index (χ0v) is 15.6. The average molecular weight is 347 g/mol. The quantitative estimate of drug-likeness (QED) is 0.847. The van der Waals surface area contributed by atoms with E-state index in [1.165, 1.54) is 44.3 Å². The fourth-order valence-corrected chi connectivity index (χ4v) is 5.97. The molecule has 1 saturated heterocycles. The molecule has 0 bridgehead atoms. The van der Waals surface area contributed by atoms with E-state index in [1.54, 1.807) is 0 Å². The number of carbonyl (C=O) groups is 1. The van der Waals surface area contributed by atoms with Gasteiger partial charge >= 0.3 is 0 Å². The van der Waals surface area contributed by atoms with E-state index in [4.69, 9.17) is 0 Å². The van der Waals surface area contributed by atoms with E-state index in [-0.39, 0.29) is 17.8 Å². The molecule has 0 aromatic rings. The molecule has 1 amide bonds. The van der Waals surface area contributed by atoms with E-state index in [0.29, 0.717) is 17.9 Å². The van der Waals surface area contributed by atoms with Crippen molar-refractivity contribution in [3.63, 3.8) is 0 Å². The second-order valence-corrected chi connectivity index (χ2v) is 8.77. The summed E-state index contributed by atoms with van der Waals surface area (Å²) in [6, 6.07) is 0.485. The molecule has 5 heteroatoms. The van der Waals surface area contributed by atoms with Crippen LogP contribution in [0.25, 0.3) is 0 Å². The molecule has 1 N–H and O–H groups in total. The first kappa shape index (κ1) is 18.4. The van der Waals surface area contributed by atoms with Gasteiger partial charge in [0, 0.05) is 24.9 Å². The Morgan fingerprint density at radius 2 is 2.14 bits per heavy atom. The molecule has 1 aliphatic heterocycles. The molecule has 2 saturated carbocycles. The number of nitrogens with zero attached hydrogens (tertiary/aromatic N) is 1. The van der Waals surface area contributed by atoms with Gasteiger partial charge in [0.2, 0.25) is 5.91 Å². The molecule has 0 radical (unpaired) electrons. The third kappa shape index (κ3) is 3.29. The smallest absolute Gasteiger partial charge is 0.230 e. The molecule has 2 unspecified atom stereocenters. The fourth-order valence-electron chi connectivity index (χ4n) is 4.84. The standard InChI is InChI=1S/C17H30N2OS.ClH/c1-3-21-15-8-7-14(10-15)19(2)16(20)17-9-5-4-6-13(17)11-18-12-17;/h13-15,18H,3-12H2,1-2H3;1H/t13-,14?,15?,17+;/m0./s1. The predicted octanol–water partition coefficient (Wildman–Crippen LogP) is 3.32. The number of nitrogens with one attached hydrogen (secondary N) is 1. The second-order valence-electron chi connectivity index (χ2n) is 7.19. The highest BCUT2D eigenvalue weighted by Crippen LogP contribution is 2.46. The van der Waals surface area contributed by atoms with E-state index in [2.05, 4.69) is 35.9 Å². The zero-order valence-electron chi connectivity index (χ0n) is 14.0. The van der Waals surface area contributed by atoms with Crippen LogP contribution in [-0.2, 0) is 4.79 Å². The summed E-state index contributed by atoms with van der Waals surface area (Å²) in [5, 5.41) is 4.28. The first-order valence-corrected chi connectivity index (χ1v) is 9.82. The molecule has 128 valence electrons. The Hall–Kier alpha value is 0.0700. The Labute approximate surface area is 145 Å². The predicted molar refractivity (Wildman–Crippen MR) is 96.8 cm³/mol. The highest BCUT2D eigenvalue weighted by molar-refractivity contribution is 7.99. The molecular weight excluding hydrogens is 316 g/mol. The van der Waals surface area contributed by atoms with Crippen LogP contribution in [0.3, 0.4) is 0 Å². The van der Waals surface area contributed by atoms with Crippen LogP contribution in [0.1, 0.15) is 51.9 Å². The number of fused-ring (bicyclic) bond motifs is 1. The van der Waals surface area contributed by atoms with Gasteiger partial charge < -0.3 is 10.2 Å². The first-order valence-electron chi connectivity index (χ1n) is 8.77. The number of rotatable bonds is 4. The van der Waals surface area contributed by atoms with Crippen LogP contribution in [0.4, 0.5) is 0 Å². The molecule has 3 aliphatic rings. The summed E-state index contributed by atoms with van der Waals surface area (Å²) in [6.45, 7) is 4.21. The van der Waals surface area contributed by atoms with Crippen molar-refractivity contribution in [3.05, 3.63) is 0 Å². The SMILES string of the molecule is CCSC1CCC(N(C)C(=O)[C@@]23CCCC[C@H]2CNC3)C1.Cl. The van der Waals surface area contributed by atoms with Crippen molar-refractivity contribution in [3.8, 4) is 0 Å². The van der Waals surface area contributed by atoms with Crippen LogP contribution in [0.2, 0.25) is 0 Å². The summed E-state index contributed by atoms with van der Waals surface area (Å²) in [6.07, 6.45) is 8.58. The molecule has 4 atom stereocenters. The van der Waals surface area contributed by atoms with E-state index < -0.39 is 0 Å². The van der Waals surface area contributed by atoms with Crippen molar-refractivity contribution in [2.45, 2.75) is 63.2 Å². The maximum Gasteiger partial charge on any atom is 0.230 e. The van der Waals surface area contributed by atoms with E-state index in [1.807, 2.05) is 0 Å². The summed E-state index contributed by atoms with van der Waals surface area (Å²) in [5.74, 6) is 2.23. The lowest BCUT2D eigenvalue weighted by Crippen LogP contribution is -2.51. The number of hydrogen-bond acceptors (Lipinski definition) is 3. The van der Waals surface area contributed by atoms with Crippen molar-refractivity contribution in [1.29, 1.82) is 0 Å². The van der Waals surface area contributed by atoms with Gasteiger partial charge in [0.15, 0.2) is 0 Å². The van der Waals surface area contributed by atoms with E-state index in [9.17, 15) is 4.79 Å². The van der Waals surface area contributed by atoms with Crippen molar-refractivity contribution in [2.24, 2.45) is 11.3 Å². The number of hydrogen-bond donors (Lipinski definition) is 1. The van der Waals surface area contributed by atoms with Crippen LogP contribution in [0.5, 0.6) is 0 Å². The lowest BCUT2D eigenvalue weighted by atomic mass is 9.67. The monoisotopic (exact) mass is 346 g/mol. The fraction of sp³-hybridized carbons (Fsp3) is 0.941. The normalized spacial score (nSPS) is 37.5. The second kappa shape index (κ2) is 7.76. The van der Waals surface area contributed by atoms with Crippen LogP contribution >= 0.6 is 24.2 Å². The Morgan fingerprint density at radius 1 is 1.32 bits per heavy atom. The summed E-state index contributed by atoms with van der Waals surface area (Å²) >= 11 is 2.07. The third-order valence-electron chi connectivity index (χ3n) is 6.09. The van der Waals surface area contributed by atoms with Gasteiger partial charge in [-0.3, -0.25) is 4.79 Å². The largest absolute Gasteiger partial charge is 0.342 e. The molecule has 1 heterocycles. The van der Waals surface area contributed by atoms with Gasteiger partial charge in [0.05, 0.1) is 5.41 Å². The molecule has 0 aromatic carbocycles. The van der Waals surface area contributed by atoms with Gasteiger partial charge in [-0.25, -0.2) is 0 Å². The number of amides is 1. The van der Waals surface area contributed by atoms with Crippen molar-refractivity contribution in [1.82, 2.24) is 10.2 Å². The minimum absolute atomic E-state index is 0. The van der Waals surface area contributed by atoms with Gasteiger partial charge in [0.25, 0.3) is 0 Å². The van der Waals surface area contributed by atoms with Crippen LogP contribution < -0.4 is 5.32 Å². The highest BCUT2D eigenvalue weighted by atomic mass is 35.5. The topological polar surface area (TPSA) is 32.3 Å². The van der Waals surface area contributed by atoms with Gasteiger partial charge in [-0.15, -0.1) is 12.4 Å². The maximum absolute atomic E-state index is 13.2. The number of thioether (sulfide) groups is 1. The Morgan fingerprint density at radius 3 is 2.91 bits per heavy atom. The molecule has 2 aliphatic carbocycles. The minimum Gasteiger partial charge on any atom is -0.342 e. The van der Waals surface area contributed by atoms with Gasteiger partial charge in [-0.2, -0.15) is 11.8 Å². The summed E-state index contributed by atoms with van der Waals surface area (Å²) in [4.78, 5) is 15.4. The summed E-state index contributed by atoms with van der Waals surface area (Å²) in [5.41, 5.74) is -0.0665. The summed E-state index contributed by atoms with van der Waals surface area (Å²) < 4.78 is 0. The Balaban J connectivity index is 0.00000176. The third-order valence-corrected chi connectivity index (χ3v) is 7.32. The molecule has 0 aromatic heterocycles. The molecule has 22 heavy (non-hydrogen) atoms. The zero-order chi connectivity index (χ0) is 14.9. The molecular formula is C17H31ClN2OS. The minimum atomic E-state index is -0.0665. The summed E-state index contributed by atoms with van der Waals surface area (Å²) in [7, 11) is 2.07. The number of carbonyl (C=O) groups excluding carboxylic acids is 1. The van der Waals surface area contributed by atoms with Gasteiger partial charge in [-0.05, 0) is 50.3 Å². The molecule has 3 nitrogen and oxygen atoms in total. The van der Waals surface area contributed by atoms with E-state index >= 15 is 0 Å². The maximum atomic E-state index is 13.2. The highest BCUT2D eigenvalue weighted by Gasteiger charge is 2.51. The van der Waals surface area contributed by atoms with Gasteiger partial charge in [0.1, 0.15) is 0 Å². The first-order chi connectivity index (χ1) is 10.2. The molecule has 0 spiro atoms. The molecule has 3 rings (SSSR count). The van der Waals surface area contributed by atoms with Crippen LogP contribution in [-0.4, -0.2) is 48.0 Å². The average Bonchev–Trinajstić information content (AvgIpc) is 3.13. The van der Waals surface area contributed by atoms with Crippen molar-refractivity contribution < 1.29 is 4.79 Å².